The number of amides is 3. The number of carbonyl (C=O) groups is 3. The highest BCUT2D eigenvalue weighted by Gasteiger charge is 2.27. The van der Waals surface area contributed by atoms with E-state index < -0.39 is 33.8 Å². The van der Waals surface area contributed by atoms with Gasteiger partial charge in [-0.15, -0.1) is 0 Å². The topological polar surface area (TPSA) is 133 Å². The zero-order chi connectivity index (χ0) is 21.1. The highest BCUT2D eigenvalue weighted by atomic mass is 32.2. The number of rotatable bonds is 5. The standard InChI is InChI=1S/C18H26N4O5S/c1-11(15(23)20-21-17(25)16(24)19-13-7-8-13)22-28(26,27)14-9-5-12(6-10-14)18(2,3)4/h5-6,9-11,13,22H,7-8H2,1-4H3,(H,19,24)(H,20,23)(H,21,25)/t11-/m0/s1. The Labute approximate surface area is 164 Å². The molecule has 0 saturated heterocycles. The van der Waals surface area contributed by atoms with Gasteiger partial charge in [-0.1, -0.05) is 32.9 Å². The van der Waals surface area contributed by atoms with Crippen molar-refractivity contribution in [3.63, 3.8) is 0 Å². The quantitative estimate of drug-likeness (QED) is 0.403. The number of hydrogen-bond acceptors (Lipinski definition) is 5. The highest BCUT2D eigenvalue weighted by molar-refractivity contribution is 7.89. The molecule has 28 heavy (non-hydrogen) atoms. The molecule has 1 saturated carbocycles. The van der Waals surface area contributed by atoms with Crippen LogP contribution in [0.2, 0.25) is 0 Å². The third-order valence-electron chi connectivity index (χ3n) is 4.17. The van der Waals surface area contributed by atoms with Crippen molar-refractivity contribution in [2.24, 2.45) is 0 Å². The van der Waals surface area contributed by atoms with Gasteiger partial charge >= 0.3 is 11.8 Å². The normalized spacial score (nSPS) is 15.4. The minimum atomic E-state index is -3.93. The van der Waals surface area contributed by atoms with Crippen LogP contribution in [0.4, 0.5) is 0 Å². The van der Waals surface area contributed by atoms with Gasteiger partial charge in [-0.25, -0.2) is 8.42 Å². The molecule has 1 fully saturated rings. The fourth-order valence-corrected chi connectivity index (χ4v) is 3.45. The summed E-state index contributed by atoms with van der Waals surface area (Å²) in [6.07, 6.45) is 1.64. The molecule has 0 aromatic heterocycles. The molecule has 3 amide bonds. The predicted molar refractivity (Wildman–Crippen MR) is 102 cm³/mol. The van der Waals surface area contributed by atoms with Gasteiger partial charge in [-0.05, 0) is 42.9 Å². The first-order chi connectivity index (χ1) is 12.9. The molecule has 0 unspecified atom stereocenters. The lowest BCUT2D eigenvalue weighted by molar-refractivity contribution is -0.141. The summed E-state index contributed by atoms with van der Waals surface area (Å²) in [5.41, 5.74) is 4.85. The largest absolute Gasteiger partial charge is 0.345 e. The van der Waals surface area contributed by atoms with Crippen LogP contribution in [0, 0.1) is 0 Å². The minimum absolute atomic E-state index is 0.00403. The van der Waals surface area contributed by atoms with Crippen LogP contribution in [0.3, 0.4) is 0 Å². The van der Waals surface area contributed by atoms with Crippen LogP contribution in [-0.4, -0.2) is 38.2 Å². The smallest absolute Gasteiger partial charge is 0.327 e. The fourth-order valence-electron chi connectivity index (χ4n) is 2.25. The number of hydrogen-bond donors (Lipinski definition) is 4. The van der Waals surface area contributed by atoms with E-state index in [2.05, 4.69) is 10.0 Å². The van der Waals surface area contributed by atoms with Gasteiger partial charge in [-0.2, -0.15) is 4.72 Å². The van der Waals surface area contributed by atoms with Crippen molar-refractivity contribution >= 4 is 27.7 Å². The molecule has 10 heteroatoms. The number of nitrogens with one attached hydrogen (secondary N) is 4. The van der Waals surface area contributed by atoms with E-state index in [-0.39, 0.29) is 16.4 Å². The van der Waals surface area contributed by atoms with E-state index in [9.17, 15) is 22.8 Å². The molecule has 1 aromatic carbocycles. The van der Waals surface area contributed by atoms with Crippen molar-refractivity contribution in [2.75, 3.05) is 0 Å². The lowest BCUT2D eigenvalue weighted by Crippen LogP contribution is -2.54. The summed E-state index contributed by atoms with van der Waals surface area (Å²) in [4.78, 5) is 35.1. The second-order valence-corrected chi connectivity index (χ2v) is 9.52. The number of hydrazine groups is 1. The Morgan fingerprint density at radius 2 is 1.57 bits per heavy atom. The van der Waals surface area contributed by atoms with E-state index in [1.165, 1.54) is 19.1 Å². The van der Waals surface area contributed by atoms with E-state index >= 15 is 0 Å². The Balaban J connectivity index is 1.90. The SMILES string of the molecule is C[C@H](NS(=O)(=O)c1ccc(C(C)(C)C)cc1)C(=O)NNC(=O)C(=O)NC1CC1. The molecule has 1 aliphatic rings. The third-order valence-corrected chi connectivity index (χ3v) is 5.73. The first kappa shape index (κ1) is 21.8. The van der Waals surface area contributed by atoms with Crippen molar-refractivity contribution in [2.45, 2.75) is 62.9 Å². The van der Waals surface area contributed by atoms with Crippen molar-refractivity contribution in [1.29, 1.82) is 0 Å². The average Bonchev–Trinajstić information content (AvgIpc) is 3.42. The third kappa shape index (κ3) is 6.03. The second kappa shape index (κ2) is 8.27. The maximum Gasteiger partial charge on any atom is 0.327 e. The second-order valence-electron chi connectivity index (χ2n) is 7.81. The predicted octanol–water partition coefficient (Wildman–Crippen LogP) is 0.0769. The molecular formula is C18H26N4O5S. The fraction of sp³-hybridized carbons (Fsp3) is 0.500. The van der Waals surface area contributed by atoms with Gasteiger partial charge in [0.2, 0.25) is 10.0 Å². The summed E-state index contributed by atoms with van der Waals surface area (Å²) >= 11 is 0. The summed E-state index contributed by atoms with van der Waals surface area (Å²) < 4.78 is 27.1. The van der Waals surface area contributed by atoms with Crippen molar-refractivity contribution < 1.29 is 22.8 Å². The molecule has 0 bridgehead atoms. The molecule has 4 N–H and O–H groups in total. The molecule has 1 aromatic rings. The Bertz CT molecular complexity index is 855. The molecule has 0 aliphatic heterocycles. The van der Waals surface area contributed by atoms with Crippen molar-refractivity contribution in [3.8, 4) is 0 Å². The van der Waals surface area contributed by atoms with E-state index in [4.69, 9.17) is 0 Å². The molecule has 1 aliphatic carbocycles. The van der Waals surface area contributed by atoms with Crippen LogP contribution < -0.4 is 20.9 Å². The van der Waals surface area contributed by atoms with Gasteiger partial charge in [0.05, 0.1) is 10.9 Å². The monoisotopic (exact) mass is 410 g/mol. The first-order valence-electron chi connectivity index (χ1n) is 8.94. The van der Waals surface area contributed by atoms with Crippen LogP contribution in [0.5, 0.6) is 0 Å². The zero-order valence-electron chi connectivity index (χ0n) is 16.3. The van der Waals surface area contributed by atoms with E-state index in [0.717, 1.165) is 18.4 Å². The van der Waals surface area contributed by atoms with Crippen molar-refractivity contribution in [1.82, 2.24) is 20.9 Å². The summed E-state index contributed by atoms with van der Waals surface area (Å²) in [5, 5.41) is 2.47. The summed E-state index contributed by atoms with van der Waals surface area (Å²) in [5.74, 6) is -2.68. The van der Waals surface area contributed by atoms with Gasteiger partial charge < -0.3 is 5.32 Å². The zero-order valence-corrected chi connectivity index (χ0v) is 17.1. The van der Waals surface area contributed by atoms with Gasteiger partial charge in [0, 0.05) is 6.04 Å². The van der Waals surface area contributed by atoms with Crippen LogP contribution >= 0.6 is 0 Å². The minimum Gasteiger partial charge on any atom is -0.345 e. The van der Waals surface area contributed by atoms with Crippen molar-refractivity contribution in [3.05, 3.63) is 29.8 Å². The van der Waals surface area contributed by atoms with E-state index in [1.807, 2.05) is 31.6 Å². The molecule has 2 rings (SSSR count). The Morgan fingerprint density at radius 1 is 1.00 bits per heavy atom. The Kier molecular flexibility index (Phi) is 6.45. The van der Waals surface area contributed by atoms with Gasteiger partial charge in [0.1, 0.15) is 0 Å². The molecular weight excluding hydrogens is 384 g/mol. The Morgan fingerprint density at radius 3 is 2.07 bits per heavy atom. The van der Waals surface area contributed by atoms with Gasteiger partial charge in [-0.3, -0.25) is 25.2 Å². The molecule has 9 nitrogen and oxygen atoms in total. The molecule has 0 spiro atoms. The molecule has 154 valence electrons. The maximum absolute atomic E-state index is 12.4. The highest BCUT2D eigenvalue weighted by Crippen LogP contribution is 2.23. The first-order valence-corrected chi connectivity index (χ1v) is 10.4. The number of carbonyl (C=O) groups excluding carboxylic acids is 3. The van der Waals surface area contributed by atoms with Crippen LogP contribution in [-0.2, 0) is 29.8 Å². The molecule has 0 radical (unpaired) electrons. The van der Waals surface area contributed by atoms with Crippen LogP contribution in [0.25, 0.3) is 0 Å². The van der Waals surface area contributed by atoms with E-state index in [1.54, 1.807) is 12.1 Å². The van der Waals surface area contributed by atoms with Crippen LogP contribution in [0.15, 0.2) is 29.2 Å². The average molecular weight is 410 g/mol. The molecule has 0 heterocycles. The maximum atomic E-state index is 12.4. The molecule has 1 atom stereocenters. The number of benzene rings is 1. The number of sulfonamides is 1. The van der Waals surface area contributed by atoms with Crippen LogP contribution in [0.1, 0.15) is 46.1 Å². The summed E-state index contributed by atoms with van der Waals surface area (Å²) in [6.45, 7) is 7.37. The van der Waals surface area contributed by atoms with E-state index in [0.29, 0.717) is 0 Å². The summed E-state index contributed by atoms with van der Waals surface area (Å²) in [7, 11) is -3.93. The summed E-state index contributed by atoms with van der Waals surface area (Å²) in [6, 6.07) is 5.22. The lowest BCUT2D eigenvalue weighted by atomic mass is 9.87. The van der Waals surface area contributed by atoms with Gasteiger partial charge in [0.15, 0.2) is 0 Å². The van der Waals surface area contributed by atoms with Gasteiger partial charge in [0.25, 0.3) is 5.91 Å². The Hall–Kier alpha value is -2.46. The lowest BCUT2D eigenvalue weighted by Gasteiger charge is -2.19.